The largest absolute Gasteiger partial charge is 0.489 e. The molecular formula is C18H27F2IN6O. The van der Waals surface area contributed by atoms with Crippen LogP contribution in [-0.4, -0.2) is 61.5 Å². The smallest absolute Gasteiger partial charge is 0.191 e. The van der Waals surface area contributed by atoms with Gasteiger partial charge in [0.05, 0.1) is 18.8 Å². The van der Waals surface area contributed by atoms with E-state index in [1.54, 1.807) is 11.7 Å². The third-order valence-corrected chi connectivity index (χ3v) is 3.97. The lowest BCUT2D eigenvalue weighted by Crippen LogP contribution is -2.43. The lowest BCUT2D eigenvalue weighted by molar-refractivity contribution is 0.295. The van der Waals surface area contributed by atoms with E-state index in [2.05, 4.69) is 25.6 Å². The summed E-state index contributed by atoms with van der Waals surface area (Å²) in [4.78, 5) is 6.26. The zero-order chi connectivity index (χ0) is 19.8. The number of ether oxygens (including phenoxy) is 1. The molecule has 0 aliphatic rings. The van der Waals surface area contributed by atoms with Crippen molar-refractivity contribution in [2.45, 2.75) is 6.04 Å². The lowest BCUT2D eigenvalue weighted by atomic mass is 10.1. The van der Waals surface area contributed by atoms with Crippen LogP contribution in [0.25, 0.3) is 0 Å². The van der Waals surface area contributed by atoms with E-state index in [9.17, 15) is 8.78 Å². The SMILES string of the molecule is CN=C(NCCOc1ccc(F)cc1F)NCC(c1cnn(C)c1)N(C)C.I. The second kappa shape index (κ2) is 11.8. The topological polar surface area (TPSA) is 66.7 Å². The van der Waals surface area contributed by atoms with Crippen molar-refractivity contribution in [2.24, 2.45) is 12.0 Å². The summed E-state index contributed by atoms with van der Waals surface area (Å²) in [5.41, 5.74) is 1.10. The molecule has 0 aliphatic heterocycles. The van der Waals surface area contributed by atoms with Crippen molar-refractivity contribution in [2.75, 3.05) is 40.8 Å². The van der Waals surface area contributed by atoms with E-state index in [0.29, 0.717) is 19.0 Å². The van der Waals surface area contributed by atoms with Crippen molar-refractivity contribution >= 4 is 29.9 Å². The third kappa shape index (κ3) is 7.23. The van der Waals surface area contributed by atoms with Crippen molar-refractivity contribution in [3.63, 3.8) is 0 Å². The summed E-state index contributed by atoms with van der Waals surface area (Å²) in [5, 5.41) is 10.6. The number of aliphatic imine (C=N–C) groups is 1. The maximum Gasteiger partial charge on any atom is 0.191 e. The summed E-state index contributed by atoms with van der Waals surface area (Å²) in [7, 11) is 7.56. The van der Waals surface area contributed by atoms with Gasteiger partial charge in [-0.05, 0) is 26.2 Å². The van der Waals surface area contributed by atoms with Gasteiger partial charge in [0.25, 0.3) is 0 Å². The van der Waals surface area contributed by atoms with Crippen molar-refractivity contribution < 1.29 is 13.5 Å². The van der Waals surface area contributed by atoms with Gasteiger partial charge in [0.1, 0.15) is 12.4 Å². The van der Waals surface area contributed by atoms with Crippen LogP contribution in [0.4, 0.5) is 8.78 Å². The van der Waals surface area contributed by atoms with Gasteiger partial charge in [-0.2, -0.15) is 5.10 Å². The van der Waals surface area contributed by atoms with Crippen LogP contribution in [0.2, 0.25) is 0 Å². The Hall–Kier alpha value is -1.95. The number of likely N-dealkylation sites (N-methyl/N-ethyl adjacent to an activating group) is 1. The fourth-order valence-corrected chi connectivity index (χ4v) is 2.55. The minimum Gasteiger partial charge on any atom is -0.489 e. The van der Waals surface area contributed by atoms with E-state index in [-0.39, 0.29) is 42.4 Å². The maximum atomic E-state index is 13.5. The highest BCUT2D eigenvalue weighted by atomic mass is 127. The highest BCUT2D eigenvalue weighted by molar-refractivity contribution is 14.0. The molecule has 1 aromatic heterocycles. The van der Waals surface area contributed by atoms with E-state index >= 15 is 0 Å². The van der Waals surface area contributed by atoms with Gasteiger partial charge in [-0.15, -0.1) is 24.0 Å². The summed E-state index contributed by atoms with van der Waals surface area (Å²) in [6.07, 6.45) is 3.82. The summed E-state index contributed by atoms with van der Waals surface area (Å²) >= 11 is 0. The Bertz CT molecular complexity index is 768. The molecule has 2 aromatic rings. The van der Waals surface area contributed by atoms with Crippen molar-refractivity contribution in [1.29, 1.82) is 0 Å². The van der Waals surface area contributed by atoms with E-state index in [4.69, 9.17) is 4.74 Å². The normalized spacial score (nSPS) is 12.5. The van der Waals surface area contributed by atoms with Gasteiger partial charge >= 0.3 is 0 Å². The number of rotatable bonds is 8. The molecule has 0 radical (unpaired) electrons. The molecule has 0 saturated carbocycles. The molecule has 0 amide bonds. The zero-order valence-corrected chi connectivity index (χ0v) is 18.8. The Morgan fingerprint density at radius 3 is 2.64 bits per heavy atom. The van der Waals surface area contributed by atoms with Crippen LogP contribution >= 0.6 is 24.0 Å². The van der Waals surface area contributed by atoms with Crippen molar-refractivity contribution in [1.82, 2.24) is 25.3 Å². The molecule has 2 N–H and O–H groups in total. The number of hydrogen-bond acceptors (Lipinski definition) is 4. The van der Waals surface area contributed by atoms with Crippen molar-refractivity contribution in [3.05, 3.63) is 47.8 Å². The molecule has 1 aromatic carbocycles. The Balaban J connectivity index is 0.00000392. The Kier molecular flexibility index (Phi) is 10.1. The molecule has 7 nitrogen and oxygen atoms in total. The second-order valence-corrected chi connectivity index (χ2v) is 6.23. The standard InChI is InChI=1S/C18H26F2N6O.HI/c1-21-18(22-7-8-27-17-6-5-14(19)9-15(17)20)23-11-16(25(2)3)13-10-24-26(4)12-13;/h5-6,9-10,12,16H,7-8,11H2,1-4H3,(H2,21,22,23);1H. The molecule has 1 heterocycles. The summed E-state index contributed by atoms with van der Waals surface area (Å²) in [5.74, 6) is -0.728. The first kappa shape index (κ1) is 24.1. The molecule has 0 aliphatic carbocycles. The van der Waals surface area contributed by atoms with Crippen LogP contribution in [0.1, 0.15) is 11.6 Å². The predicted octanol–water partition coefficient (Wildman–Crippen LogP) is 2.16. The van der Waals surface area contributed by atoms with E-state index < -0.39 is 11.6 Å². The van der Waals surface area contributed by atoms with Gasteiger partial charge < -0.3 is 20.3 Å². The molecule has 156 valence electrons. The third-order valence-electron chi connectivity index (χ3n) is 3.97. The summed E-state index contributed by atoms with van der Waals surface area (Å²) < 4.78 is 33.5. The molecule has 0 bridgehead atoms. The highest BCUT2D eigenvalue weighted by Gasteiger charge is 2.16. The quantitative estimate of drug-likeness (QED) is 0.248. The number of halogens is 3. The van der Waals surface area contributed by atoms with Crippen LogP contribution in [0.3, 0.4) is 0 Å². The highest BCUT2D eigenvalue weighted by Crippen LogP contribution is 2.17. The monoisotopic (exact) mass is 508 g/mol. The first-order valence-corrected chi connectivity index (χ1v) is 8.58. The number of benzene rings is 1. The average molecular weight is 508 g/mol. The summed E-state index contributed by atoms with van der Waals surface area (Å²) in [6, 6.07) is 3.35. The first-order valence-electron chi connectivity index (χ1n) is 8.58. The number of aryl methyl sites for hydroxylation is 1. The van der Waals surface area contributed by atoms with Gasteiger partial charge in [0.15, 0.2) is 17.5 Å². The van der Waals surface area contributed by atoms with Gasteiger partial charge in [-0.3, -0.25) is 9.67 Å². The van der Waals surface area contributed by atoms with E-state index in [1.807, 2.05) is 33.5 Å². The average Bonchev–Trinajstić information content (AvgIpc) is 3.04. The molecule has 28 heavy (non-hydrogen) atoms. The van der Waals surface area contributed by atoms with Crippen LogP contribution in [0.5, 0.6) is 5.75 Å². The Morgan fingerprint density at radius 1 is 1.32 bits per heavy atom. The second-order valence-electron chi connectivity index (χ2n) is 6.23. The Labute approximate surface area is 181 Å². The van der Waals surface area contributed by atoms with Crippen LogP contribution in [-0.2, 0) is 7.05 Å². The fraction of sp³-hybridized carbons (Fsp3) is 0.444. The van der Waals surface area contributed by atoms with Gasteiger partial charge in [0.2, 0.25) is 0 Å². The van der Waals surface area contributed by atoms with Crippen molar-refractivity contribution in [3.8, 4) is 5.75 Å². The fourth-order valence-electron chi connectivity index (χ4n) is 2.55. The summed E-state index contributed by atoms with van der Waals surface area (Å²) in [6.45, 7) is 1.25. The lowest BCUT2D eigenvalue weighted by Gasteiger charge is -2.24. The number of nitrogens with zero attached hydrogens (tertiary/aromatic N) is 4. The predicted molar refractivity (Wildman–Crippen MR) is 116 cm³/mol. The molecule has 0 fully saturated rings. The molecule has 2 rings (SSSR count). The first-order chi connectivity index (χ1) is 12.9. The molecular weight excluding hydrogens is 481 g/mol. The van der Waals surface area contributed by atoms with Gasteiger partial charge in [-0.25, -0.2) is 8.78 Å². The van der Waals surface area contributed by atoms with E-state index in [1.165, 1.54) is 6.07 Å². The Morgan fingerprint density at radius 2 is 2.07 bits per heavy atom. The molecule has 1 unspecified atom stereocenters. The minimum absolute atomic E-state index is 0. The number of guanidine groups is 1. The van der Waals surface area contributed by atoms with Gasteiger partial charge in [0, 0.05) is 38.5 Å². The van der Waals surface area contributed by atoms with E-state index in [0.717, 1.165) is 17.7 Å². The molecule has 10 heteroatoms. The van der Waals surface area contributed by atoms with Crippen LogP contribution in [0, 0.1) is 11.6 Å². The van der Waals surface area contributed by atoms with Gasteiger partial charge in [-0.1, -0.05) is 0 Å². The number of aromatic nitrogens is 2. The molecule has 1 atom stereocenters. The number of nitrogens with one attached hydrogen (secondary N) is 2. The zero-order valence-electron chi connectivity index (χ0n) is 16.4. The molecule has 0 saturated heterocycles. The number of hydrogen-bond donors (Lipinski definition) is 2. The van der Waals surface area contributed by atoms with Crippen LogP contribution < -0.4 is 15.4 Å². The minimum atomic E-state index is -0.720. The van der Waals surface area contributed by atoms with Crippen LogP contribution in [0.15, 0.2) is 35.6 Å². The molecule has 0 spiro atoms. The maximum absolute atomic E-state index is 13.5.